The van der Waals surface area contributed by atoms with Crippen LogP contribution in [0.2, 0.25) is 0 Å². The van der Waals surface area contributed by atoms with Crippen LogP contribution < -0.4 is 5.32 Å². The fraction of sp³-hybridized carbons (Fsp3) is 0.647. The van der Waals surface area contributed by atoms with E-state index in [1.807, 2.05) is 0 Å². The Morgan fingerprint density at radius 1 is 1.21 bits per heavy atom. The Labute approximate surface area is 118 Å². The highest BCUT2D eigenvalue weighted by Gasteiger charge is 2.21. The number of rotatable bonds is 3. The van der Waals surface area contributed by atoms with Gasteiger partial charge in [0.2, 0.25) is 0 Å². The molecule has 2 nitrogen and oxygen atoms in total. The molecule has 0 saturated carbocycles. The van der Waals surface area contributed by atoms with Crippen molar-refractivity contribution in [1.29, 1.82) is 0 Å². The predicted octanol–water partition coefficient (Wildman–Crippen LogP) is 3.60. The van der Waals surface area contributed by atoms with E-state index in [1.54, 1.807) is 0 Å². The van der Waals surface area contributed by atoms with Crippen LogP contribution in [0, 0.1) is 0 Å². The number of benzene rings is 1. The SMILES string of the molecule is CCC1CCN(C(C)c2ccccc2)CCC(C)N1. The van der Waals surface area contributed by atoms with Gasteiger partial charge in [-0.25, -0.2) is 0 Å². The highest BCUT2D eigenvalue weighted by molar-refractivity contribution is 5.18. The standard InChI is InChI=1S/C17H28N2/c1-4-17-11-13-19(12-10-14(2)18-17)15(3)16-8-6-5-7-9-16/h5-9,14-15,17-18H,4,10-13H2,1-3H3. The second-order valence-electron chi connectivity index (χ2n) is 5.87. The van der Waals surface area contributed by atoms with E-state index in [9.17, 15) is 0 Å². The van der Waals surface area contributed by atoms with Gasteiger partial charge in [0, 0.05) is 31.2 Å². The number of nitrogens with one attached hydrogen (secondary N) is 1. The van der Waals surface area contributed by atoms with E-state index in [-0.39, 0.29) is 0 Å². The van der Waals surface area contributed by atoms with Gasteiger partial charge >= 0.3 is 0 Å². The Morgan fingerprint density at radius 2 is 1.89 bits per heavy atom. The molecule has 1 heterocycles. The third-order valence-corrected chi connectivity index (χ3v) is 4.46. The summed E-state index contributed by atoms with van der Waals surface area (Å²) in [7, 11) is 0. The van der Waals surface area contributed by atoms with Crippen LogP contribution in [0.1, 0.15) is 51.6 Å². The minimum Gasteiger partial charge on any atom is -0.311 e. The summed E-state index contributed by atoms with van der Waals surface area (Å²) in [6.45, 7) is 9.35. The zero-order valence-corrected chi connectivity index (χ0v) is 12.6. The zero-order valence-electron chi connectivity index (χ0n) is 12.6. The second kappa shape index (κ2) is 7.06. The summed E-state index contributed by atoms with van der Waals surface area (Å²) in [6, 6.07) is 12.7. The van der Waals surface area contributed by atoms with Gasteiger partial charge in [-0.05, 0) is 38.7 Å². The summed E-state index contributed by atoms with van der Waals surface area (Å²) in [4.78, 5) is 2.65. The molecule has 1 N–H and O–H groups in total. The molecular formula is C17H28N2. The monoisotopic (exact) mass is 260 g/mol. The van der Waals surface area contributed by atoms with E-state index in [0.717, 1.165) is 0 Å². The molecule has 0 amide bonds. The molecule has 0 spiro atoms. The maximum absolute atomic E-state index is 3.74. The molecule has 0 bridgehead atoms. The highest BCUT2D eigenvalue weighted by Crippen LogP contribution is 2.22. The van der Waals surface area contributed by atoms with Crippen molar-refractivity contribution in [1.82, 2.24) is 10.2 Å². The Hall–Kier alpha value is -0.860. The van der Waals surface area contributed by atoms with Crippen LogP contribution in [0.25, 0.3) is 0 Å². The number of hydrogen-bond donors (Lipinski definition) is 1. The second-order valence-corrected chi connectivity index (χ2v) is 5.87. The molecular weight excluding hydrogens is 232 g/mol. The lowest BCUT2D eigenvalue weighted by molar-refractivity contribution is 0.168. The lowest BCUT2D eigenvalue weighted by atomic mass is 10.0. The van der Waals surface area contributed by atoms with Gasteiger partial charge < -0.3 is 5.32 Å². The molecule has 0 aromatic heterocycles. The van der Waals surface area contributed by atoms with Crippen molar-refractivity contribution in [3.05, 3.63) is 35.9 Å². The number of nitrogens with zero attached hydrogens (tertiary/aromatic N) is 1. The normalized spacial score (nSPS) is 27.5. The van der Waals surface area contributed by atoms with E-state index in [4.69, 9.17) is 0 Å². The molecule has 1 aliphatic rings. The summed E-state index contributed by atoms with van der Waals surface area (Å²) in [5.74, 6) is 0. The Kier molecular flexibility index (Phi) is 5.41. The van der Waals surface area contributed by atoms with Crippen LogP contribution in [0.4, 0.5) is 0 Å². The first kappa shape index (κ1) is 14.5. The van der Waals surface area contributed by atoms with Crippen molar-refractivity contribution in [3.63, 3.8) is 0 Å². The van der Waals surface area contributed by atoms with Crippen LogP contribution >= 0.6 is 0 Å². The molecule has 1 saturated heterocycles. The summed E-state index contributed by atoms with van der Waals surface area (Å²) in [5, 5.41) is 3.74. The van der Waals surface area contributed by atoms with Gasteiger partial charge in [0.1, 0.15) is 0 Å². The van der Waals surface area contributed by atoms with Gasteiger partial charge in [-0.2, -0.15) is 0 Å². The molecule has 2 rings (SSSR count). The summed E-state index contributed by atoms with van der Waals surface area (Å²) in [6.07, 6.45) is 3.74. The highest BCUT2D eigenvalue weighted by atomic mass is 15.2. The Bertz CT molecular complexity index is 363. The van der Waals surface area contributed by atoms with Crippen LogP contribution in [0.15, 0.2) is 30.3 Å². The maximum atomic E-state index is 3.74. The van der Waals surface area contributed by atoms with Crippen molar-refractivity contribution in [2.75, 3.05) is 13.1 Å². The molecule has 3 unspecified atom stereocenters. The lowest BCUT2D eigenvalue weighted by Crippen LogP contribution is -2.44. The van der Waals surface area contributed by atoms with Crippen LogP contribution in [-0.4, -0.2) is 30.1 Å². The van der Waals surface area contributed by atoms with Crippen molar-refractivity contribution >= 4 is 0 Å². The molecule has 2 heteroatoms. The van der Waals surface area contributed by atoms with Gasteiger partial charge in [0.15, 0.2) is 0 Å². The minimum atomic E-state index is 0.531. The largest absolute Gasteiger partial charge is 0.311 e. The van der Waals surface area contributed by atoms with Crippen molar-refractivity contribution in [2.24, 2.45) is 0 Å². The van der Waals surface area contributed by atoms with E-state index in [0.29, 0.717) is 18.1 Å². The number of hydrogen-bond acceptors (Lipinski definition) is 2. The first-order valence-electron chi connectivity index (χ1n) is 7.75. The minimum absolute atomic E-state index is 0.531. The van der Waals surface area contributed by atoms with Crippen LogP contribution in [-0.2, 0) is 0 Å². The first-order chi connectivity index (χ1) is 9.20. The molecule has 1 aliphatic heterocycles. The zero-order chi connectivity index (χ0) is 13.7. The quantitative estimate of drug-likeness (QED) is 0.893. The van der Waals surface area contributed by atoms with Gasteiger partial charge in [0.05, 0.1) is 0 Å². The summed E-state index contributed by atoms with van der Waals surface area (Å²) in [5.41, 5.74) is 1.44. The third-order valence-electron chi connectivity index (χ3n) is 4.46. The topological polar surface area (TPSA) is 15.3 Å². The van der Waals surface area contributed by atoms with Crippen LogP contribution in [0.3, 0.4) is 0 Å². The van der Waals surface area contributed by atoms with Gasteiger partial charge in [-0.1, -0.05) is 37.3 Å². The Morgan fingerprint density at radius 3 is 2.58 bits per heavy atom. The summed E-state index contributed by atoms with van der Waals surface area (Å²) >= 11 is 0. The first-order valence-corrected chi connectivity index (χ1v) is 7.75. The fourth-order valence-electron chi connectivity index (χ4n) is 3.01. The van der Waals surface area contributed by atoms with Gasteiger partial charge in [0.25, 0.3) is 0 Å². The van der Waals surface area contributed by atoms with E-state index >= 15 is 0 Å². The third kappa shape index (κ3) is 4.05. The summed E-state index contributed by atoms with van der Waals surface area (Å²) < 4.78 is 0. The fourth-order valence-corrected chi connectivity index (χ4v) is 3.01. The van der Waals surface area contributed by atoms with E-state index in [1.165, 1.54) is 37.9 Å². The molecule has 1 aromatic rings. The smallest absolute Gasteiger partial charge is 0.0319 e. The molecule has 0 aliphatic carbocycles. The molecule has 106 valence electrons. The molecule has 3 atom stereocenters. The average molecular weight is 260 g/mol. The molecule has 0 radical (unpaired) electrons. The van der Waals surface area contributed by atoms with Gasteiger partial charge in [-0.3, -0.25) is 4.90 Å². The van der Waals surface area contributed by atoms with Crippen molar-refractivity contribution in [2.45, 2.75) is 58.2 Å². The van der Waals surface area contributed by atoms with Gasteiger partial charge in [-0.15, -0.1) is 0 Å². The van der Waals surface area contributed by atoms with E-state index < -0.39 is 0 Å². The predicted molar refractivity (Wildman–Crippen MR) is 82.3 cm³/mol. The average Bonchev–Trinajstić information content (AvgIpc) is 2.43. The maximum Gasteiger partial charge on any atom is 0.0319 e. The molecule has 1 fully saturated rings. The Balaban J connectivity index is 2.02. The molecule has 19 heavy (non-hydrogen) atoms. The van der Waals surface area contributed by atoms with E-state index in [2.05, 4.69) is 61.3 Å². The lowest BCUT2D eigenvalue weighted by Gasteiger charge is -2.35. The van der Waals surface area contributed by atoms with Crippen molar-refractivity contribution in [3.8, 4) is 0 Å². The van der Waals surface area contributed by atoms with Crippen LogP contribution in [0.5, 0.6) is 0 Å². The van der Waals surface area contributed by atoms with Crippen molar-refractivity contribution < 1.29 is 0 Å². The molecule has 1 aromatic carbocycles.